The summed E-state index contributed by atoms with van der Waals surface area (Å²) in [5, 5.41) is 4.62. The number of rotatable bonds is 5. The summed E-state index contributed by atoms with van der Waals surface area (Å²) in [6.45, 7) is 3.65. The SMILES string of the molecule is Cc1ccc(S(=O)(=O)c2ccc(CN3C(=O)N[C@](C)(c4cccs4)C3=O)cc2)cc1. The van der Waals surface area contributed by atoms with Crippen molar-refractivity contribution >= 4 is 33.1 Å². The van der Waals surface area contributed by atoms with Crippen LogP contribution >= 0.6 is 11.3 Å². The average Bonchev–Trinajstić information content (AvgIpc) is 3.33. The second kappa shape index (κ2) is 7.37. The molecule has 2 heterocycles. The highest BCUT2D eigenvalue weighted by Gasteiger charge is 2.49. The molecule has 1 saturated heterocycles. The van der Waals surface area contributed by atoms with E-state index in [9.17, 15) is 18.0 Å². The second-order valence-corrected chi connectivity index (χ2v) is 10.3. The van der Waals surface area contributed by atoms with Crippen LogP contribution < -0.4 is 5.32 Å². The van der Waals surface area contributed by atoms with Crippen LogP contribution in [0.3, 0.4) is 0 Å². The number of nitrogens with one attached hydrogen (secondary N) is 1. The standard InChI is InChI=1S/C22H20N2O4S2/c1-15-5-9-17(10-6-15)30(27,28)18-11-7-16(8-12-18)14-24-20(25)22(2,23-21(24)26)19-4-3-13-29-19/h3-13H,14H2,1-2H3,(H,23,26)/t22-/m1/s1. The van der Waals surface area contributed by atoms with Crippen LogP contribution in [0.4, 0.5) is 4.79 Å². The highest BCUT2D eigenvalue weighted by atomic mass is 32.2. The van der Waals surface area contributed by atoms with Crippen molar-refractivity contribution in [2.45, 2.75) is 35.7 Å². The van der Waals surface area contributed by atoms with Crippen molar-refractivity contribution < 1.29 is 18.0 Å². The summed E-state index contributed by atoms with van der Waals surface area (Å²) in [5.74, 6) is -0.327. The fourth-order valence-corrected chi connectivity index (χ4v) is 5.48. The second-order valence-electron chi connectivity index (χ2n) is 7.38. The zero-order valence-electron chi connectivity index (χ0n) is 16.5. The van der Waals surface area contributed by atoms with Gasteiger partial charge in [-0.1, -0.05) is 35.9 Å². The lowest BCUT2D eigenvalue weighted by molar-refractivity contribution is -0.131. The maximum absolute atomic E-state index is 12.9. The summed E-state index contributed by atoms with van der Waals surface area (Å²) in [5.41, 5.74) is 0.559. The van der Waals surface area contributed by atoms with E-state index < -0.39 is 21.4 Å². The molecular formula is C22H20N2O4S2. The zero-order chi connectivity index (χ0) is 21.5. The van der Waals surface area contributed by atoms with Crippen LogP contribution in [0.5, 0.6) is 0 Å². The van der Waals surface area contributed by atoms with Crippen LogP contribution in [0.2, 0.25) is 0 Å². The number of carbonyl (C=O) groups is 2. The molecule has 0 saturated carbocycles. The van der Waals surface area contributed by atoms with Crippen LogP contribution in [0.1, 0.15) is 22.9 Å². The number of nitrogens with zero attached hydrogens (tertiary/aromatic N) is 1. The van der Waals surface area contributed by atoms with Gasteiger partial charge in [0, 0.05) is 4.88 Å². The Hall–Kier alpha value is -2.97. The van der Waals surface area contributed by atoms with E-state index in [-0.39, 0.29) is 22.2 Å². The molecule has 0 aliphatic carbocycles. The van der Waals surface area contributed by atoms with Crippen molar-refractivity contribution in [2.24, 2.45) is 0 Å². The van der Waals surface area contributed by atoms with Crippen molar-refractivity contribution in [3.8, 4) is 0 Å². The fraction of sp³-hybridized carbons (Fsp3) is 0.182. The van der Waals surface area contributed by atoms with E-state index in [1.807, 2.05) is 24.4 Å². The molecule has 0 spiro atoms. The summed E-state index contributed by atoms with van der Waals surface area (Å²) in [4.78, 5) is 27.7. The third kappa shape index (κ3) is 3.42. The molecule has 3 amide bonds. The highest BCUT2D eigenvalue weighted by molar-refractivity contribution is 7.91. The molecule has 1 fully saturated rings. The molecule has 2 aromatic carbocycles. The average molecular weight is 441 g/mol. The van der Waals surface area contributed by atoms with E-state index in [0.29, 0.717) is 5.56 Å². The maximum atomic E-state index is 12.9. The number of imide groups is 1. The molecule has 0 unspecified atom stereocenters. The third-order valence-electron chi connectivity index (χ3n) is 5.19. The molecule has 1 atom stereocenters. The molecule has 1 aliphatic heterocycles. The van der Waals surface area contributed by atoms with Gasteiger partial charge >= 0.3 is 6.03 Å². The number of urea groups is 1. The molecule has 8 heteroatoms. The Morgan fingerprint density at radius 3 is 2.13 bits per heavy atom. The van der Waals surface area contributed by atoms with Crippen molar-refractivity contribution in [3.05, 3.63) is 82.0 Å². The first kappa shape index (κ1) is 20.3. The Bertz CT molecular complexity index is 1200. The van der Waals surface area contributed by atoms with Crippen LogP contribution in [0.25, 0.3) is 0 Å². The first-order valence-corrected chi connectivity index (χ1v) is 11.7. The first-order valence-electron chi connectivity index (χ1n) is 9.30. The van der Waals surface area contributed by atoms with Gasteiger partial charge in [-0.2, -0.15) is 0 Å². The summed E-state index contributed by atoms with van der Waals surface area (Å²) >= 11 is 1.41. The largest absolute Gasteiger partial charge is 0.325 e. The van der Waals surface area contributed by atoms with Gasteiger partial charge in [0.2, 0.25) is 9.84 Å². The number of aryl methyl sites for hydroxylation is 1. The van der Waals surface area contributed by atoms with E-state index >= 15 is 0 Å². The van der Waals surface area contributed by atoms with Gasteiger partial charge in [-0.3, -0.25) is 9.69 Å². The third-order valence-corrected chi connectivity index (χ3v) is 8.07. The molecule has 0 radical (unpaired) electrons. The van der Waals surface area contributed by atoms with Crippen LogP contribution in [0, 0.1) is 6.92 Å². The number of hydrogen-bond acceptors (Lipinski definition) is 5. The number of carbonyl (C=O) groups excluding carboxylic acids is 2. The Morgan fingerprint density at radius 1 is 0.967 bits per heavy atom. The van der Waals surface area contributed by atoms with Gasteiger partial charge in [-0.15, -0.1) is 11.3 Å². The number of benzene rings is 2. The van der Waals surface area contributed by atoms with E-state index in [1.165, 1.54) is 23.5 Å². The maximum Gasteiger partial charge on any atom is 0.325 e. The van der Waals surface area contributed by atoms with E-state index in [0.717, 1.165) is 15.3 Å². The number of amides is 3. The number of sulfone groups is 1. The molecule has 3 aromatic rings. The van der Waals surface area contributed by atoms with E-state index in [4.69, 9.17) is 0 Å². The highest BCUT2D eigenvalue weighted by Crippen LogP contribution is 2.32. The zero-order valence-corrected chi connectivity index (χ0v) is 18.1. The molecule has 1 aromatic heterocycles. The molecule has 154 valence electrons. The number of thiophene rings is 1. The van der Waals surface area contributed by atoms with Gasteiger partial charge in [-0.05, 0) is 55.1 Å². The lowest BCUT2D eigenvalue weighted by atomic mass is 10.0. The Kier molecular flexibility index (Phi) is 4.99. The minimum atomic E-state index is -3.63. The molecule has 4 rings (SSSR count). The van der Waals surface area contributed by atoms with Gasteiger partial charge in [0.15, 0.2) is 5.54 Å². The fourth-order valence-electron chi connectivity index (χ4n) is 3.38. The van der Waals surface area contributed by atoms with Crippen LogP contribution in [-0.4, -0.2) is 25.3 Å². The van der Waals surface area contributed by atoms with Crippen molar-refractivity contribution in [1.82, 2.24) is 10.2 Å². The summed E-state index contributed by atoms with van der Waals surface area (Å²) < 4.78 is 25.6. The minimum Gasteiger partial charge on any atom is -0.319 e. The lowest BCUT2D eigenvalue weighted by Crippen LogP contribution is -2.40. The van der Waals surface area contributed by atoms with Gasteiger partial charge in [0.05, 0.1) is 16.3 Å². The summed E-state index contributed by atoms with van der Waals surface area (Å²) in [6, 6.07) is 16.1. The normalized spacial score (nSPS) is 19.2. The molecule has 1 N–H and O–H groups in total. The quantitative estimate of drug-likeness (QED) is 0.611. The van der Waals surface area contributed by atoms with Gasteiger partial charge < -0.3 is 5.32 Å². The van der Waals surface area contributed by atoms with E-state index in [1.54, 1.807) is 43.3 Å². The van der Waals surface area contributed by atoms with Crippen molar-refractivity contribution in [3.63, 3.8) is 0 Å². The van der Waals surface area contributed by atoms with Gasteiger partial charge in [0.1, 0.15) is 0 Å². The summed E-state index contributed by atoms with van der Waals surface area (Å²) in [6.07, 6.45) is 0. The molecule has 6 nitrogen and oxygen atoms in total. The first-order chi connectivity index (χ1) is 14.2. The predicted octanol–water partition coefficient (Wildman–Crippen LogP) is 3.86. The Labute approximate surface area is 179 Å². The van der Waals surface area contributed by atoms with Crippen LogP contribution in [0.15, 0.2) is 75.8 Å². The minimum absolute atomic E-state index is 0.0660. The monoisotopic (exact) mass is 440 g/mol. The van der Waals surface area contributed by atoms with Crippen molar-refractivity contribution in [2.75, 3.05) is 0 Å². The molecule has 1 aliphatic rings. The smallest absolute Gasteiger partial charge is 0.319 e. The summed E-state index contributed by atoms with van der Waals surface area (Å²) in [7, 11) is -3.63. The van der Waals surface area contributed by atoms with E-state index in [2.05, 4.69) is 5.32 Å². The lowest BCUT2D eigenvalue weighted by Gasteiger charge is -2.20. The van der Waals surface area contributed by atoms with Gasteiger partial charge in [0.25, 0.3) is 5.91 Å². The topological polar surface area (TPSA) is 83.6 Å². The predicted molar refractivity (Wildman–Crippen MR) is 114 cm³/mol. The molecule has 0 bridgehead atoms. The van der Waals surface area contributed by atoms with Crippen LogP contribution in [-0.2, 0) is 26.7 Å². The molecular weight excluding hydrogens is 420 g/mol. The van der Waals surface area contributed by atoms with Gasteiger partial charge in [-0.25, -0.2) is 13.2 Å². The molecule has 30 heavy (non-hydrogen) atoms. The van der Waals surface area contributed by atoms with Crippen molar-refractivity contribution in [1.29, 1.82) is 0 Å². The number of hydrogen-bond donors (Lipinski definition) is 1. The Morgan fingerprint density at radius 2 is 1.57 bits per heavy atom. The Balaban J connectivity index is 1.55.